The topological polar surface area (TPSA) is 63.2 Å². The van der Waals surface area contributed by atoms with Crippen molar-refractivity contribution in [3.63, 3.8) is 0 Å². The van der Waals surface area contributed by atoms with E-state index in [-0.39, 0.29) is 35.8 Å². The molecule has 138 valence electrons. The van der Waals surface area contributed by atoms with Gasteiger partial charge in [-0.1, -0.05) is 20.8 Å². The van der Waals surface area contributed by atoms with Crippen LogP contribution in [-0.4, -0.2) is 45.5 Å². The molecule has 0 aliphatic carbocycles. The molecule has 0 aromatic rings. The smallest absolute Gasteiger partial charge is 0.337 e. The average Bonchev–Trinajstić information content (AvgIpc) is 2.56. The molecule has 2 heterocycles. The van der Waals surface area contributed by atoms with Gasteiger partial charge in [-0.25, -0.2) is 4.79 Å². The number of methoxy groups -OCH3 is 1. The SMILES string of the molecule is CCO[C@@H]1OC=C(C(=O)OC)[C@@H](CC2OCC(C)(C)CO2)[C@H]1CC. The molecule has 0 radical (unpaired) electrons. The molecule has 0 aromatic carbocycles. The van der Waals surface area contributed by atoms with Gasteiger partial charge in [0.1, 0.15) is 0 Å². The van der Waals surface area contributed by atoms with Crippen LogP contribution in [0.15, 0.2) is 11.8 Å². The minimum Gasteiger partial charge on any atom is -0.472 e. The minimum absolute atomic E-state index is 0.0191. The molecule has 0 N–H and O–H groups in total. The van der Waals surface area contributed by atoms with E-state index in [1.54, 1.807) is 0 Å². The first kappa shape index (κ1) is 19.2. The summed E-state index contributed by atoms with van der Waals surface area (Å²) in [6, 6.07) is 0. The highest BCUT2D eigenvalue weighted by molar-refractivity contribution is 5.88. The maximum absolute atomic E-state index is 12.2. The van der Waals surface area contributed by atoms with Gasteiger partial charge in [0.25, 0.3) is 0 Å². The molecule has 6 heteroatoms. The van der Waals surface area contributed by atoms with Crippen molar-refractivity contribution in [2.24, 2.45) is 17.3 Å². The van der Waals surface area contributed by atoms with Crippen LogP contribution in [0.2, 0.25) is 0 Å². The van der Waals surface area contributed by atoms with Crippen molar-refractivity contribution in [2.45, 2.75) is 53.1 Å². The lowest BCUT2D eigenvalue weighted by atomic mass is 9.79. The fourth-order valence-electron chi connectivity index (χ4n) is 3.24. The summed E-state index contributed by atoms with van der Waals surface area (Å²) in [5.74, 6) is -0.408. The molecular formula is C18H30O6. The van der Waals surface area contributed by atoms with Crippen LogP contribution in [0.3, 0.4) is 0 Å². The molecule has 2 aliphatic heterocycles. The van der Waals surface area contributed by atoms with E-state index in [1.807, 2.05) is 6.92 Å². The summed E-state index contributed by atoms with van der Waals surface area (Å²) in [6.45, 7) is 10.1. The highest BCUT2D eigenvalue weighted by atomic mass is 16.7. The Hall–Kier alpha value is -1.11. The molecule has 0 bridgehead atoms. The van der Waals surface area contributed by atoms with E-state index in [0.717, 1.165) is 6.42 Å². The maximum Gasteiger partial charge on any atom is 0.337 e. The van der Waals surface area contributed by atoms with E-state index in [9.17, 15) is 4.79 Å². The van der Waals surface area contributed by atoms with E-state index in [4.69, 9.17) is 23.7 Å². The molecule has 0 amide bonds. The van der Waals surface area contributed by atoms with Crippen molar-refractivity contribution in [1.82, 2.24) is 0 Å². The van der Waals surface area contributed by atoms with Crippen molar-refractivity contribution in [3.05, 3.63) is 11.8 Å². The summed E-state index contributed by atoms with van der Waals surface area (Å²) in [6.07, 6.45) is 2.20. The van der Waals surface area contributed by atoms with Gasteiger partial charge in [0, 0.05) is 30.3 Å². The molecule has 1 saturated heterocycles. The molecule has 6 nitrogen and oxygen atoms in total. The summed E-state index contributed by atoms with van der Waals surface area (Å²) in [5, 5.41) is 0. The Morgan fingerprint density at radius 3 is 2.50 bits per heavy atom. The molecule has 0 spiro atoms. The summed E-state index contributed by atoms with van der Waals surface area (Å²) in [5.41, 5.74) is 0.544. The molecule has 24 heavy (non-hydrogen) atoms. The Kier molecular flexibility index (Phi) is 6.66. The number of carbonyl (C=O) groups excluding carboxylic acids is 1. The maximum atomic E-state index is 12.2. The Morgan fingerprint density at radius 2 is 1.96 bits per heavy atom. The van der Waals surface area contributed by atoms with Gasteiger partial charge in [-0.15, -0.1) is 0 Å². The van der Waals surface area contributed by atoms with Crippen molar-refractivity contribution >= 4 is 5.97 Å². The van der Waals surface area contributed by atoms with Crippen molar-refractivity contribution < 1.29 is 28.5 Å². The van der Waals surface area contributed by atoms with Gasteiger partial charge in [-0.2, -0.15) is 0 Å². The van der Waals surface area contributed by atoms with Gasteiger partial charge in [0.2, 0.25) is 6.29 Å². The standard InChI is InChI=1S/C18H30O6/c1-6-12-13(8-15-23-10-18(3,4)11-24-15)14(16(19)20-5)9-22-17(12)21-7-2/h9,12-13,15,17H,6-8,10-11H2,1-5H3/t12-,13+,17-/m1/s1. The predicted octanol–water partition coefficient (Wildman–Crippen LogP) is 2.87. The summed E-state index contributed by atoms with van der Waals surface area (Å²) in [7, 11) is 1.38. The van der Waals surface area contributed by atoms with E-state index < -0.39 is 0 Å². The van der Waals surface area contributed by atoms with Gasteiger partial charge < -0.3 is 23.7 Å². The third-order valence-electron chi connectivity index (χ3n) is 4.58. The molecule has 0 unspecified atom stereocenters. The first-order chi connectivity index (χ1) is 11.4. The normalized spacial score (nSPS) is 30.4. The lowest BCUT2D eigenvalue weighted by Gasteiger charge is -2.40. The van der Waals surface area contributed by atoms with Crippen LogP contribution in [0, 0.1) is 17.3 Å². The number of esters is 1. The van der Waals surface area contributed by atoms with Gasteiger partial charge in [-0.3, -0.25) is 0 Å². The second-order valence-electron chi connectivity index (χ2n) is 7.15. The van der Waals surface area contributed by atoms with Gasteiger partial charge >= 0.3 is 5.97 Å². The number of hydrogen-bond acceptors (Lipinski definition) is 6. The third-order valence-corrected chi connectivity index (χ3v) is 4.58. The number of hydrogen-bond donors (Lipinski definition) is 0. The minimum atomic E-state index is -0.371. The van der Waals surface area contributed by atoms with Crippen molar-refractivity contribution in [1.29, 1.82) is 0 Å². The largest absolute Gasteiger partial charge is 0.472 e. The second kappa shape index (κ2) is 8.32. The highest BCUT2D eigenvalue weighted by Gasteiger charge is 2.41. The molecular weight excluding hydrogens is 312 g/mol. The molecule has 0 saturated carbocycles. The number of rotatable bonds is 6. The van der Waals surface area contributed by atoms with Crippen molar-refractivity contribution in [3.8, 4) is 0 Å². The molecule has 3 atom stereocenters. The molecule has 2 aliphatic rings. The summed E-state index contributed by atoms with van der Waals surface area (Å²) in [4.78, 5) is 12.2. The quantitative estimate of drug-likeness (QED) is 0.692. The lowest BCUT2D eigenvalue weighted by molar-refractivity contribution is -0.234. The van der Waals surface area contributed by atoms with Crippen LogP contribution in [0.25, 0.3) is 0 Å². The van der Waals surface area contributed by atoms with Gasteiger partial charge in [0.15, 0.2) is 6.29 Å². The summed E-state index contributed by atoms with van der Waals surface area (Å²) >= 11 is 0. The zero-order valence-electron chi connectivity index (χ0n) is 15.4. The Labute approximate surface area is 144 Å². The highest BCUT2D eigenvalue weighted by Crippen LogP contribution is 2.38. The molecule has 0 aromatic heterocycles. The van der Waals surface area contributed by atoms with Gasteiger partial charge in [-0.05, 0) is 13.3 Å². The fourth-order valence-corrected chi connectivity index (χ4v) is 3.24. The predicted molar refractivity (Wildman–Crippen MR) is 88.0 cm³/mol. The van der Waals surface area contributed by atoms with E-state index in [1.165, 1.54) is 13.4 Å². The van der Waals surface area contributed by atoms with Crippen LogP contribution in [-0.2, 0) is 28.5 Å². The Morgan fingerprint density at radius 1 is 1.29 bits per heavy atom. The van der Waals surface area contributed by atoms with Crippen LogP contribution < -0.4 is 0 Å². The first-order valence-corrected chi connectivity index (χ1v) is 8.70. The Balaban J connectivity index is 2.14. The zero-order valence-corrected chi connectivity index (χ0v) is 15.4. The first-order valence-electron chi connectivity index (χ1n) is 8.70. The second-order valence-corrected chi connectivity index (χ2v) is 7.15. The third kappa shape index (κ3) is 4.49. The molecule has 1 fully saturated rings. The van der Waals surface area contributed by atoms with E-state index in [0.29, 0.717) is 31.8 Å². The average molecular weight is 342 g/mol. The van der Waals surface area contributed by atoms with E-state index in [2.05, 4.69) is 20.8 Å². The van der Waals surface area contributed by atoms with Crippen molar-refractivity contribution in [2.75, 3.05) is 26.9 Å². The van der Waals surface area contributed by atoms with Crippen LogP contribution in [0.1, 0.15) is 40.5 Å². The lowest BCUT2D eigenvalue weighted by Crippen LogP contribution is -2.43. The Bertz CT molecular complexity index is 448. The van der Waals surface area contributed by atoms with Crippen LogP contribution in [0.5, 0.6) is 0 Å². The fraction of sp³-hybridized carbons (Fsp3) is 0.833. The monoisotopic (exact) mass is 342 g/mol. The number of carbonyl (C=O) groups is 1. The summed E-state index contributed by atoms with van der Waals surface area (Å²) < 4.78 is 28.0. The molecule has 2 rings (SSSR count). The van der Waals surface area contributed by atoms with Crippen LogP contribution >= 0.6 is 0 Å². The number of ether oxygens (including phenoxy) is 5. The van der Waals surface area contributed by atoms with Crippen LogP contribution in [0.4, 0.5) is 0 Å². The van der Waals surface area contributed by atoms with E-state index >= 15 is 0 Å². The van der Waals surface area contributed by atoms with Gasteiger partial charge in [0.05, 0.1) is 32.2 Å². The zero-order chi connectivity index (χ0) is 17.7.